The lowest BCUT2D eigenvalue weighted by Gasteiger charge is -2.08. The van der Waals surface area contributed by atoms with Crippen LogP contribution in [-0.4, -0.2) is 24.4 Å². The summed E-state index contributed by atoms with van der Waals surface area (Å²) in [6.45, 7) is 2.43. The van der Waals surface area contributed by atoms with E-state index in [-0.39, 0.29) is 13.2 Å². The number of amides is 1. The highest BCUT2D eigenvalue weighted by Crippen LogP contribution is 2.24. The summed E-state index contributed by atoms with van der Waals surface area (Å²) in [6, 6.07) is 5.44. The fourth-order valence-corrected chi connectivity index (χ4v) is 1.33. The molecule has 0 spiro atoms. The van der Waals surface area contributed by atoms with Crippen molar-refractivity contribution < 1.29 is 14.6 Å². The van der Waals surface area contributed by atoms with Crippen LogP contribution in [0, 0.1) is 6.92 Å². The van der Waals surface area contributed by atoms with Crippen LogP contribution in [0.2, 0.25) is 5.02 Å². The topological polar surface area (TPSA) is 58.6 Å². The zero-order valence-electron chi connectivity index (χ0n) is 8.29. The molecule has 0 radical (unpaired) electrons. The maximum Gasteiger partial charge on any atom is 0.404 e. The monoisotopic (exact) mass is 229 g/mol. The minimum absolute atomic E-state index is 0.236. The number of hydrogen-bond donors (Lipinski definition) is 2. The molecule has 0 bridgehead atoms. The van der Waals surface area contributed by atoms with Crippen molar-refractivity contribution in [1.29, 1.82) is 0 Å². The van der Waals surface area contributed by atoms with E-state index in [9.17, 15) is 4.79 Å². The number of carbonyl (C=O) groups is 1. The van der Waals surface area contributed by atoms with Gasteiger partial charge >= 0.3 is 6.09 Å². The minimum Gasteiger partial charge on any atom is -0.490 e. The van der Waals surface area contributed by atoms with E-state index < -0.39 is 6.09 Å². The van der Waals surface area contributed by atoms with Crippen LogP contribution in [0.25, 0.3) is 0 Å². The van der Waals surface area contributed by atoms with Crippen LogP contribution in [0.4, 0.5) is 4.79 Å². The molecule has 1 aromatic rings. The van der Waals surface area contributed by atoms with Gasteiger partial charge in [-0.25, -0.2) is 4.79 Å². The van der Waals surface area contributed by atoms with Gasteiger partial charge < -0.3 is 15.2 Å². The molecule has 0 saturated heterocycles. The number of carboxylic acid groups (broad SMARTS) is 1. The minimum atomic E-state index is -1.06. The normalized spacial score (nSPS) is 9.73. The van der Waals surface area contributed by atoms with E-state index >= 15 is 0 Å². The lowest BCUT2D eigenvalue weighted by Crippen LogP contribution is -2.26. The number of rotatable bonds is 4. The Hall–Kier alpha value is -1.42. The number of halogens is 1. The zero-order valence-corrected chi connectivity index (χ0v) is 9.04. The maximum absolute atomic E-state index is 10.1. The summed E-state index contributed by atoms with van der Waals surface area (Å²) in [5.41, 5.74) is 1.05. The molecule has 0 atom stereocenters. The van der Waals surface area contributed by atoms with E-state index in [1.54, 1.807) is 12.1 Å². The van der Waals surface area contributed by atoms with E-state index in [0.29, 0.717) is 10.8 Å². The van der Waals surface area contributed by atoms with Crippen molar-refractivity contribution in [2.75, 3.05) is 13.2 Å². The van der Waals surface area contributed by atoms with Crippen LogP contribution in [0.5, 0.6) is 5.75 Å². The van der Waals surface area contributed by atoms with Crippen molar-refractivity contribution in [1.82, 2.24) is 5.32 Å². The van der Waals surface area contributed by atoms with Crippen molar-refractivity contribution in [2.24, 2.45) is 0 Å². The number of hydrogen-bond acceptors (Lipinski definition) is 2. The average Bonchev–Trinajstić information content (AvgIpc) is 2.14. The molecule has 0 aliphatic carbocycles. The highest BCUT2D eigenvalue weighted by Gasteiger charge is 2.01. The second-order valence-electron chi connectivity index (χ2n) is 3.01. The Kier molecular flexibility index (Phi) is 4.24. The summed E-state index contributed by atoms with van der Waals surface area (Å²) >= 11 is 5.91. The second kappa shape index (κ2) is 5.46. The van der Waals surface area contributed by atoms with Gasteiger partial charge in [0, 0.05) is 0 Å². The molecular formula is C10H12ClNO3. The fourth-order valence-electron chi connectivity index (χ4n) is 1.04. The first kappa shape index (κ1) is 11.7. The van der Waals surface area contributed by atoms with E-state index in [2.05, 4.69) is 5.32 Å². The number of ether oxygens (including phenoxy) is 1. The molecule has 1 aromatic carbocycles. The first-order valence-corrected chi connectivity index (χ1v) is 4.83. The maximum atomic E-state index is 10.1. The Morgan fingerprint density at radius 2 is 2.33 bits per heavy atom. The van der Waals surface area contributed by atoms with E-state index in [1.165, 1.54) is 0 Å². The molecule has 0 fully saturated rings. The zero-order chi connectivity index (χ0) is 11.3. The Morgan fingerprint density at radius 1 is 1.60 bits per heavy atom. The molecule has 1 amide bonds. The summed E-state index contributed by atoms with van der Waals surface area (Å²) in [5, 5.41) is 11.0. The molecule has 1 rings (SSSR count). The first-order valence-electron chi connectivity index (χ1n) is 4.45. The lowest BCUT2D eigenvalue weighted by atomic mass is 10.2. The van der Waals surface area contributed by atoms with E-state index in [1.807, 2.05) is 13.0 Å². The predicted molar refractivity (Wildman–Crippen MR) is 57.7 cm³/mol. The van der Waals surface area contributed by atoms with Crippen molar-refractivity contribution in [3.63, 3.8) is 0 Å². The van der Waals surface area contributed by atoms with Gasteiger partial charge in [0.2, 0.25) is 0 Å². The van der Waals surface area contributed by atoms with Crippen molar-refractivity contribution in [3.8, 4) is 5.75 Å². The molecule has 2 N–H and O–H groups in total. The third-order valence-electron chi connectivity index (χ3n) is 1.72. The van der Waals surface area contributed by atoms with Crippen molar-refractivity contribution in [3.05, 3.63) is 28.8 Å². The quantitative estimate of drug-likeness (QED) is 0.779. The summed E-state index contributed by atoms with van der Waals surface area (Å²) in [6.07, 6.45) is -1.06. The molecular weight excluding hydrogens is 218 g/mol. The van der Waals surface area contributed by atoms with Crippen molar-refractivity contribution in [2.45, 2.75) is 6.92 Å². The predicted octanol–water partition coefficient (Wildman–Crippen LogP) is 2.29. The third-order valence-corrected chi connectivity index (χ3v) is 2.02. The third kappa shape index (κ3) is 4.08. The molecule has 5 heteroatoms. The highest BCUT2D eigenvalue weighted by atomic mass is 35.5. The van der Waals surface area contributed by atoms with Gasteiger partial charge in [0.15, 0.2) is 0 Å². The van der Waals surface area contributed by atoms with Crippen LogP contribution in [0.1, 0.15) is 5.56 Å². The fraction of sp³-hybridized carbons (Fsp3) is 0.300. The largest absolute Gasteiger partial charge is 0.490 e. The van der Waals surface area contributed by atoms with Gasteiger partial charge in [0.1, 0.15) is 12.4 Å². The number of nitrogens with one attached hydrogen (secondary N) is 1. The molecule has 0 unspecified atom stereocenters. The van der Waals surface area contributed by atoms with E-state index in [4.69, 9.17) is 21.4 Å². The lowest BCUT2D eigenvalue weighted by molar-refractivity contribution is 0.191. The molecule has 15 heavy (non-hydrogen) atoms. The van der Waals surface area contributed by atoms with Gasteiger partial charge in [0.05, 0.1) is 11.6 Å². The molecule has 0 heterocycles. The van der Waals surface area contributed by atoms with Crippen LogP contribution >= 0.6 is 11.6 Å². The Morgan fingerprint density at radius 3 is 2.93 bits per heavy atom. The van der Waals surface area contributed by atoms with E-state index in [0.717, 1.165) is 5.56 Å². The molecule has 0 aliphatic heterocycles. The summed E-state index contributed by atoms with van der Waals surface area (Å²) < 4.78 is 5.28. The molecule has 0 aliphatic rings. The van der Waals surface area contributed by atoms with Crippen LogP contribution in [0.15, 0.2) is 18.2 Å². The average molecular weight is 230 g/mol. The smallest absolute Gasteiger partial charge is 0.404 e. The van der Waals surface area contributed by atoms with Crippen LogP contribution < -0.4 is 10.1 Å². The number of benzene rings is 1. The van der Waals surface area contributed by atoms with Gasteiger partial charge in [-0.1, -0.05) is 17.7 Å². The summed E-state index contributed by atoms with van der Waals surface area (Å²) in [4.78, 5) is 10.1. The van der Waals surface area contributed by atoms with Gasteiger partial charge in [0.25, 0.3) is 0 Å². The first-order chi connectivity index (χ1) is 7.09. The Labute approximate surface area is 92.8 Å². The van der Waals surface area contributed by atoms with Gasteiger partial charge in [-0.2, -0.15) is 0 Å². The molecule has 4 nitrogen and oxygen atoms in total. The Balaban J connectivity index is 2.40. The molecule has 0 aromatic heterocycles. The van der Waals surface area contributed by atoms with Crippen LogP contribution in [-0.2, 0) is 0 Å². The Bertz CT molecular complexity index is 355. The molecule has 0 saturated carbocycles. The molecule has 82 valence electrons. The SMILES string of the molecule is Cc1ccc(OCCNC(=O)O)c(Cl)c1. The summed E-state index contributed by atoms with van der Waals surface area (Å²) in [7, 11) is 0. The second-order valence-corrected chi connectivity index (χ2v) is 3.42. The van der Waals surface area contributed by atoms with Crippen molar-refractivity contribution >= 4 is 17.7 Å². The van der Waals surface area contributed by atoms with Gasteiger partial charge in [-0.3, -0.25) is 0 Å². The number of aryl methyl sites for hydroxylation is 1. The van der Waals surface area contributed by atoms with Crippen LogP contribution in [0.3, 0.4) is 0 Å². The van der Waals surface area contributed by atoms with Gasteiger partial charge in [-0.05, 0) is 24.6 Å². The summed E-state index contributed by atoms with van der Waals surface area (Å²) in [5.74, 6) is 0.564. The highest BCUT2D eigenvalue weighted by molar-refractivity contribution is 6.32. The van der Waals surface area contributed by atoms with Gasteiger partial charge in [-0.15, -0.1) is 0 Å². The standard InChI is InChI=1S/C10H12ClNO3/c1-7-2-3-9(8(11)6-7)15-5-4-12-10(13)14/h2-3,6,12H,4-5H2,1H3,(H,13,14).